The summed E-state index contributed by atoms with van der Waals surface area (Å²) in [6.07, 6.45) is 2.35. The van der Waals surface area contributed by atoms with Crippen LogP contribution in [0.25, 0.3) is 11.1 Å². The number of aromatic nitrogens is 3. The molecule has 7 nitrogen and oxygen atoms in total. The van der Waals surface area contributed by atoms with Crippen molar-refractivity contribution in [1.82, 2.24) is 24.9 Å². The molecule has 132 valence electrons. The molecule has 0 bridgehead atoms. The van der Waals surface area contributed by atoms with Gasteiger partial charge in [0, 0.05) is 19.5 Å². The van der Waals surface area contributed by atoms with Crippen molar-refractivity contribution in [2.45, 2.75) is 38.9 Å². The highest BCUT2D eigenvalue weighted by molar-refractivity contribution is 5.72. The standard InChI is InChI=1S/C18H23N5O2/c1-13-19-17(21-25-13)11-23-9-5-6-14(10-23)22(2)12-18-20-15-7-3-4-8-16(15)24-18/h3-4,7-8,14H,5-6,9-12H2,1-2H3/t14-/m1/s1. The average Bonchev–Trinajstić information content (AvgIpc) is 3.20. The zero-order valence-corrected chi connectivity index (χ0v) is 14.7. The zero-order chi connectivity index (χ0) is 17.2. The van der Waals surface area contributed by atoms with E-state index >= 15 is 0 Å². The first-order valence-electron chi connectivity index (χ1n) is 8.73. The largest absolute Gasteiger partial charge is 0.439 e. The van der Waals surface area contributed by atoms with Crippen LogP contribution in [0.2, 0.25) is 0 Å². The molecule has 7 heteroatoms. The van der Waals surface area contributed by atoms with E-state index in [1.165, 1.54) is 12.8 Å². The number of hydrogen-bond donors (Lipinski definition) is 0. The monoisotopic (exact) mass is 341 g/mol. The molecule has 1 aliphatic rings. The van der Waals surface area contributed by atoms with Gasteiger partial charge in [-0.25, -0.2) is 4.98 Å². The Hall–Kier alpha value is -2.25. The maximum atomic E-state index is 5.86. The first kappa shape index (κ1) is 16.2. The summed E-state index contributed by atoms with van der Waals surface area (Å²) in [5, 5.41) is 4.01. The molecule has 1 aromatic carbocycles. The van der Waals surface area contributed by atoms with E-state index in [-0.39, 0.29) is 0 Å². The second-order valence-corrected chi connectivity index (χ2v) is 6.75. The molecule has 1 saturated heterocycles. The van der Waals surface area contributed by atoms with Gasteiger partial charge in [-0.05, 0) is 38.6 Å². The summed E-state index contributed by atoms with van der Waals surface area (Å²) in [5.74, 6) is 2.16. The molecule has 0 saturated carbocycles. The van der Waals surface area contributed by atoms with E-state index in [1.54, 1.807) is 0 Å². The third-order valence-corrected chi connectivity index (χ3v) is 4.76. The number of nitrogens with zero attached hydrogens (tertiary/aromatic N) is 5. The predicted octanol–water partition coefficient (Wildman–Crippen LogP) is 2.62. The van der Waals surface area contributed by atoms with Gasteiger partial charge in [0.15, 0.2) is 11.4 Å². The van der Waals surface area contributed by atoms with E-state index in [2.05, 4.69) is 32.0 Å². The van der Waals surface area contributed by atoms with Crippen molar-refractivity contribution >= 4 is 11.1 Å². The van der Waals surface area contributed by atoms with Crippen LogP contribution in [0.3, 0.4) is 0 Å². The van der Waals surface area contributed by atoms with Crippen LogP contribution < -0.4 is 0 Å². The molecule has 25 heavy (non-hydrogen) atoms. The number of hydrogen-bond acceptors (Lipinski definition) is 7. The van der Waals surface area contributed by atoms with Crippen LogP contribution in [0.1, 0.15) is 30.4 Å². The van der Waals surface area contributed by atoms with E-state index in [4.69, 9.17) is 8.94 Å². The lowest BCUT2D eigenvalue weighted by Crippen LogP contribution is -2.45. The third-order valence-electron chi connectivity index (χ3n) is 4.76. The molecule has 0 radical (unpaired) electrons. The molecule has 0 amide bonds. The maximum Gasteiger partial charge on any atom is 0.223 e. The number of piperidine rings is 1. The summed E-state index contributed by atoms with van der Waals surface area (Å²) in [4.78, 5) is 13.6. The van der Waals surface area contributed by atoms with Crippen LogP contribution in [-0.2, 0) is 13.1 Å². The minimum Gasteiger partial charge on any atom is -0.439 e. The number of rotatable bonds is 5. The molecule has 0 spiro atoms. The van der Waals surface area contributed by atoms with Gasteiger partial charge >= 0.3 is 0 Å². The number of likely N-dealkylation sites (tertiary alicyclic amines) is 1. The molecular weight excluding hydrogens is 318 g/mol. The van der Waals surface area contributed by atoms with Gasteiger partial charge in [0.1, 0.15) is 5.52 Å². The summed E-state index contributed by atoms with van der Waals surface area (Å²) < 4.78 is 10.9. The maximum absolute atomic E-state index is 5.86. The van der Waals surface area contributed by atoms with Crippen molar-refractivity contribution in [3.8, 4) is 0 Å². The average molecular weight is 341 g/mol. The Kier molecular flexibility index (Phi) is 4.50. The molecular formula is C18H23N5O2. The summed E-state index contributed by atoms with van der Waals surface area (Å²) in [6, 6.07) is 8.37. The summed E-state index contributed by atoms with van der Waals surface area (Å²) in [7, 11) is 2.14. The fourth-order valence-electron chi connectivity index (χ4n) is 3.47. The molecule has 2 aromatic heterocycles. The molecule has 1 fully saturated rings. The molecule has 0 N–H and O–H groups in total. The molecule has 1 atom stereocenters. The van der Waals surface area contributed by atoms with Crippen LogP contribution in [0.15, 0.2) is 33.2 Å². The molecule has 0 aliphatic carbocycles. The Morgan fingerprint density at radius 1 is 1.28 bits per heavy atom. The van der Waals surface area contributed by atoms with Crippen LogP contribution in [-0.4, -0.2) is 51.1 Å². The van der Waals surface area contributed by atoms with Crippen molar-refractivity contribution in [2.24, 2.45) is 0 Å². The van der Waals surface area contributed by atoms with Crippen molar-refractivity contribution < 1.29 is 8.94 Å². The van der Waals surface area contributed by atoms with E-state index < -0.39 is 0 Å². The van der Waals surface area contributed by atoms with Crippen LogP contribution in [0.4, 0.5) is 0 Å². The predicted molar refractivity (Wildman–Crippen MR) is 92.8 cm³/mol. The van der Waals surface area contributed by atoms with Crippen molar-refractivity contribution in [3.63, 3.8) is 0 Å². The highest BCUT2D eigenvalue weighted by atomic mass is 16.5. The summed E-state index contributed by atoms with van der Waals surface area (Å²) in [5.41, 5.74) is 1.77. The van der Waals surface area contributed by atoms with E-state index in [0.717, 1.165) is 42.4 Å². The van der Waals surface area contributed by atoms with Gasteiger partial charge in [-0.15, -0.1) is 0 Å². The third kappa shape index (κ3) is 3.72. The summed E-state index contributed by atoms with van der Waals surface area (Å²) >= 11 is 0. The Morgan fingerprint density at radius 3 is 2.96 bits per heavy atom. The normalized spacial score (nSPS) is 19.1. The number of para-hydroxylation sites is 2. The van der Waals surface area contributed by atoms with Crippen LogP contribution >= 0.6 is 0 Å². The van der Waals surface area contributed by atoms with E-state index in [1.807, 2.05) is 31.2 Å². The van der Waals surface area contributed by atoms with Gasteiger partial charge in [-0.2, -0.15) is 4.98 Å². The lowest BCUT2D eigenvalue weighted by Gasteiger charge is -2.36. The highest BCUT2D eigenvalue weighted by Crippen LogP contribution is 2.20. The van der Waals surface area contributed by atoms with Crippen molar-refractivity contribution in [2.75, 3.05) is 20.1 Å². The van der Waals surface area contributed by atoms with Gasteiger partial charge in [0.2, 0.25) is 11.8 Å². The lowest BCUT2D eigenvalue weighted by molar-refractivity contribution is 0.0993. The first-order chi connectivity index (χ1) is 12.2. The number of oxazole rings is 1. The number of fused-ring (bicyclic) bond motifs is 1. The quantitative estimate of drug-likeness (QED) is 0.706. The van der Waals surface area contributed by atoms with Gasteiger partial charge in [0.25, 0.3) is 0 Å². The fourth-order valence-corrected chi connectivity index (χ4v) is 3.47. The smallest absolute Gasteiger partial charge is 0.223 e. The minimum atomic E-state index is 0.469. The molecule has 4 rings (SSSR count). The lowest BCUT2D eigenvalue weighted by atomic mass is 10.0. The van der Waals surface area contributed by atoms with Crippen molar-refractivity contribution in [3.05, 3.63) is 41.9 Å². The molecule has 1 aliphatic heterocycles. The SMILES string of the molecule is Cc1nc(CN2CCC[C@@H](N(C)Cc3nc4ccccc4o3)C2)no1. The van der Waals surface area contributed by atoms with Crippen molar-refractivity contribution in [1.29, 1.82) is 0 Å². The van der Waals surface area contributed by atoms with E-state index in [0.29, 0.717) is 18.5 Å². The van der Waals surface area contributed by atoms with Gasteiger partial charge < -0.3 is 8.94 Å². The van der Waals surface area contributed by atoms with Crippen LogP contribution in [0, 0.1) is 6.92 Å². The number of benzene rings is 1. The topological polar surface area (TPSA) is 71.4 Å². The Bertz CT molecular complexity index is 810. The Balaban J connectivity index is 1.38. The van der Waals surface area contributed by atoms with Gasteiger partial charge in [-0.3, -0.25) is 9.80 Å². The Morgan fingerprint density at radius 2 is 2.16 bits per heavy atom. The summed E-state index contributed by atoms with van der Waals surface area (Å²) in [6.45, 7) is 5.34. The van der Waals surface area contributed by atoms with Crippen LogP contribution in [0.5, 0.6) is 0 Å². The van der Waals surface area contributed by atoms with Gasteiger partial charge in [-0.1, -0.05) is 17.3 Å². The molecule has 3 aromatic rings. The van der Waals surface area contributed by atoms with Gasteiger partial charge in [0.05, 0.1) is 13.1 Å². The van der Waals surface area contributed by atoms with E-state index in [9.17, 15) is 0 Å². The molecule has 0 unspecified atom stereocenters. The Labute approximate surface area is 146 Å². The zero-order valence-electron chi connectivity index (χ0n) is 14.7. The molecule has 3 heterocycles. The minimum absolute atomic E-state index is 0.469. The second kappa shape index (κ2) is 6.93. The number of aryl methyl sites for hydroxylation is 1. The fraction of sp³-hybridized carbons (Fsp3) is 0.500. The highest BCUT2D eigenvalue weighted by Gasteiger charge is 2.25. The number of likely N-dealkylation sites (N-methyl/N-ethyl adjacent to an activating group) is 1. The second-order valence-electron chi connectivity index (χ2n) is 6.75. The first-order valence-corrected chi connectivity index (χ1v) is 8.73.